The van der Waals surface area contributed by atoms with Crippen molar-refractivity contribution in [3.63, 3.8) is 0 Å². The fraction of sp³-hybridized carbons (Fsp3) is 0.875. The average Bonchev–Trinajstić information content (AvgIpc) is 2.16. The van der Waals surface area contributed by atoms with Crippen molar-refractivity contribution in [2.75, 3.05) is 45.5 Å². The number of carbonyl (C=O) groups excluding carboxylic acids is 1. The lowest BCUT2D eigenvalue weighted by Gasteiger charge is -2.31. The Bertz CT molecular complexity index is 227. The van der Waals surface area contributed by atoms with Crippen molar-refractivity contribution in [1.29, 1.82) is 0 Å². The van der Waals surface area contributed by atoms with Gasteiger partial charge in [0.05, 0.1) is 0 Å². The maximum Gasteiger partial charge on any atom is 0.400 e. The summed E-state index contributed by atoms with van der Waals surface area (Å²) in [7, 11) is 0.705. The van der Waals surface area contributed by atoms with E-state index in [0.29, 0.717) is 5.75 Å². The van der Waals surface area contributed by atoms with Gasteiger partial charge < -0.3 is 4.90 Å². The topological polar surface area (TPSA) is 68.3 Å². The van der Waals surface area contributed by atoms with E-state index >= 15 is 0 Å². The zero-order valence-corrected chi connectivity index (χ0v) is 9.39. The molecule has 6 heteroatoms. The molecule has 0 aromatic heterocycles. The van der Waals surface area contributed by atoms with Crippen LogP contribution in [-0.2, 0) is 10.8 Å². The van der Waals surface area contributed by atoms with Gasteiger partial charge in [-0.2, -0.15) is 0 Å². The minimum absolute atomic E-state index is 0.423. The second kappa shape index (κ2) is 5.55. The first-order chi connectivity index (χ1) is 6.59. The van der Waals surface area contributed by atoms with Crippen molar-refractivity contribution in [3.8, 4) is 0 Å². The van der Waals surface area contributed by atoms with Crippen molar-refractivity contribution >= 4 is 16.0 Å². The SMILES string of the molecule is CN1CCN(CCS(=O)C([NH3+])=O)CC1. The summed E-state index contributed by atoms with van der Waals surface area (Å²) in [6.07, 6.45) is 0. The molecule has 0 saturated carbocycles. The molecule has 0 aliphatic carbocycles. The zero-order chi connectivity index (χ0) is 10.6. The second-order valence-corrected chi connectivity index (χ2v) is 5.12. The summed E-state index contributed by atoms with van der Waals surface area (Å²) in [6, 6.07) is 0. The Kier molecular flexibility index (Phi) is 4.67. The van der Waals surface area contributed by atoms with E-state index in [2.05, 4.69) is 22.6 Å². The highest BCUT2D eigenvalue weighted by Gasteiger charge is 2.16. The van der Waals surface area contributed by atoms with E-state index in [1.807, 2.05) is 0 Å². The van der Waals surface area contributed by atoms with Crippen molar-refractivity contribution in [2.45, 2.75) is 0 Å². The van der Waals surface area contributed by atoms with Gasteiger partial charge in [-0.25, -0.2) is 9.00 Å². The summed E-state index contributed by atoms with van der Waals surface area (Å²) in [5.74, 6) is 0.423. The van der Waals surface area contributed by atoms with Crippen LogP contribution in [0, 0.1) is 0 Å². The summed E-state index contributed by atoms with van der Waals surface area (Å²) in [4.78, 5) is 15.1. The summed E-state index contributed by atoms with van der Waals surface area (Å²) in [5, 5.41) is -0.459. The van der Waals surface area contributed by atoms with E-state index in [-0.39, 0.29) is 0 Å². The fourth-order valence-electron chi connectivity index (χ4n) is 1.40. The molecule has 1 saturated heterocycles. The Morgan fingerprint density at radius 2 is 1.93 bits per heavy atom. The number of likely N-dealkylation sites (N-methyl/N-ethyl adjacent to an activating group) is 1. The molecule has 1 fully saturated rings. The van der Waals surface area contributed by atoms with Crippen molar-refractivity contribution in [2.24, 2.45) is 0 Å². The molecule has 1 heterocycles. The number of quaternary nitrogens is 1. The summed E-state index contributed by atoms with van der Waals surface area (Å²) >= 11 is 0. The number of amides is 1. The van der Waals surface area contributed by atoms with Crippen LogP contribution >= 0.6 is 0 Å². The van der Waals surface area contributed by atoms with Gasteiger partial charge in [0.2, 0.25) is 0 Å². The normalized spacial score (nSPS) is 22.1. The maximum absolute atomic E-state index is 11.1. The number of hydrogen-bond donors (Lipinski definition) is 1. The summed E-state index contributed by atoms with van der Waals surface area (Å²) in [6.45, 7) is 4.83. The zero-order valence-electron chi connectivity index (χ0n) is 8.57. The molecule has 0 radical (unpaired) electrons. The molecule has 1 aliphatic heterocycles. The molecular formula is C8H18N3O2S+. The lowest BCUT2D eigenvalue weighted by molar-refractivity contribution is -0.233. The number of nitrogens with zero attached hydrogens (tertiary/aromatic N) is 2. The van der Waals surface area contributed by atoms with Gasteiger partial charge in [-0.05, 0) is 7.05 Å². The van der Waals surface area contributed by atoms with Crippen LogP contribution < -0.4 is 5.73 Å². The van der Waals surface area contributed by atoms with Gasteiger partial charge in [0, 0.05) is 38.5 Å². The van der Waals surface area contributed by atoms with Gasteiger partial charge in [-0.1, -0.05) is 0 Å². The average molecular weight is 220 g/mol. The predicted octanol–water partition coefficient (Wildman–Crippen LogP) is -1.66. The minimum atomic E-state index is -1.39. The molecule has 1 atom stereocenters. The third-order valence-corrected chi connectivity index (χ3v) is 3.50. The van der Waals surface area contributed by atoms with Gasteiger partial charge in [-0.15, -0.1) is 0 Å². The number of rotatable bonds is 3. The monoisotopic (exact) mass is 220 g/mol. The van der Waals surface area contributed by atoms with Crippen molar-refractivity contribution in [1.82, 2.24) is 9.80 Å². The lowest BCUT2D eigenvalue weighted by Crippen LogP contribution is -2.58. The van der Waals surface area contributed by atoms with E-state index in [1.54, 1.807) is 0 Å². The second-order valence-electron chi connectivity index (χ2n) is 3.57. The molecule has 14 heavy (non-hydrogen) atoms. The van der Waals surface area contributed by atoms with Crippen LogP contribution in [0.15, 0.2) is 0 Å². The lowest BCUT2D eigenvalue weighted by atomic mass is 10.3. The van der Waals surface area contributed by atoms with Gasteiger partial charge >= 0.3 is 5.24 Å². The van der Waals surface area contributed by atoms with Crippen LogP contribution in [-0.4, -0.2) is 64.8 Å². The largest absolute Gasteiger partial charge is 0.400 e. The van der Waals surface area contributed by atoms with Crippen LogP contribution in [0.1, 0.15) is 0 Å². The van der Waals surface area contributed by atoms with Crippen molar-refractivity contribution in [3.05, 3.63) is 0 Å². The molecule has 1 unspecified atom stereocenters. The summed E-state index contributed by atoms with van der Waals surface area (Å²) < 4.78 is 11.1. The molecule has 82 valence electrons. The molecular weight excluding hydrogens is 202 g/mol. The van der Waals surface area contributed by atoms with E-state index in [4.69, 9.17) is 0 Å². The Hall–Kier alpha value is -0.300. The van der Waals surface area contributed by atoms with Gasteiger partial charge in [0.25, 0.3) is 0 Å². The molecule has 5 nitrogen and oxygen atoms in total. The van der Waals surface area contributed by atoms with Gasteiger partial charge in [-0.3, -0.25) is 10.6 Å². The van der Waals surface area contributed by atoms with Crippen LogP contribution in [0.4, 0.5) is 4.79 Å². The van der Waals surface area contributed by atoms with Crippen LogP contribution in [0.3, 0.4) is 0 Å². The first-order valence-electron chi connectivity index (χ1n) is 4.75. The highest BCUT2D eigenvalue weighted by atomic mass is 32.2. The van der Waals surface area contributed by atoms with Crippen LogP contribution in [0.5, 0.6) is 0 Å². The maximum atomic E-state index is 11.1. The third-order valence-electron chi connectivity index (χ3n) is 2.44. The molecule has 3 N–H and O–H groups in total. The highest BCUT2D eigenvalue weighted by molar-refractivity contribution is 7.99. The van der Waals surface area contributed by atoms with Crippen LogP contribution in [0.2, 0.25) is 0 Å². The number of piperazine rings is 1. The molecule has 0 aromatic carbocycles. The molecule has 0 aromatic rings. The van der Waals surface area contributed by atoms with E-state index in [1.165, 1.54) is 0 Å². The molecule has 1 rings (SSSR count). The Labute approximate surface area is 86.7 Å². The van der Waals surface area contributed by atoms with E-state index in [0.717, 1.165) is 32.7 Å². The Balaban J connectivity index is 2.19. The smallest absolute Gasteiger partial charge is 0.304 e. The van der Waals surface area contributed by atoms with Crippen molar-refractivity contribution < 1.29 is 14.7 Å². The van der Waals surface area contributed by atoms with Crippen LogP contribution in [0.25, 0.3) is 0 Å². The number of hydrogen-bond acceptors (Lipinski definition) is 4. The first kappa shape index (κ1) is 11.8. The predicted molar refractivity (Wildman–Crippen MR) is 55.2 cm³/mol. The molecule has 0 spiro atoms. The van der Waals surface area contributed by atoms with E-state index < -0.39 is 16.0 Å². The highest BCUT2D eigenvalue weighted by Crippen LogP contribution is 1.98. The van der Waals surface area contributed by atoms with Gasteiger partial charge in [0.1, 0.15) is 0 Å². The fourth-order valence-corrected chi connectivity index (χ4v) is 2.05. The van der Waals surface area contributed by atoms with E-state index in [9.17, 15) is 9.00 Å². The Morgan fingerprint density at radius 1 is 1.36 bits per heavy atom. The quantitative estimate of drug-likeness (QED) is 0.618. The first-order valence-corrected chi connectivity index (χ1v) is 6.06. The Morgan fingerprint density at radius 3 is 2.43 bits per heavy atom. The number of carbonyl (C=O) groups is 1. The minimum Gasteiger partial charge on any atom is -0.304 e. The molecule has 1 aliphatic rings. The summed E-state index contributed by atoms with van der Waals surface area (Å²) in [5.41, 5.74) is 3.15. The standard InChI is InChI=1S/C8H17N3O2S/c1-10-2-4-11(5-3-10)6-7-14(13)8(9)12/h2-7H2,1H3,(H2,9,12)/p+1. The molecule has 1 amide bonds. The third kappa shape index (κ3) is 3.83. The molecule has 0 bridgehead atoms. The van der Waals surface area contributed by atoms with Gasteiger partial charge in [0.15, 0.2) is 10.8 Å².